The molecule has 0 spiro atoms. The summed E-state index contributed by atoms with van der Waals surface area (Å²) in [5.74, 6) is -0.234. The molecular weight excluding hydrogens is 1040 g/mol. The third-order valence-corrected chi connectivity index (χ3v) is 17.1. The molecule has 0 aromatic rings. The van der Waals surface area contributed by atoms with Gasteiger partial charge in [0, 0.05) is 6.42 Å². The van der Waals surface area contributed by atoms with Crippen LogP contribution in [0, 0.1) is 0 Å². The lowest BCUT2D eigenvalue weighted by Crippen LogP contribution is -2.65. The molecule has 1 amide bonds. The number of amides is 1. The number of hydrogen-bond donors (Lipinski definition) is 9. The van der Waals surface area contributed by atoms with Crippen LogP contribution in [0.1, 0.15) is 309 Å². The van der Waals surface area contributed by atoms with E-state index in [0.717, 1.165) is 38.5 Å². The van der Waals surface area contributed by atoms with Crippen molar-refractivity contribution in [2.45, 2.75) is 383 Å². The zero-order valence-electron chi connectivity index (χ0n) is 52.5. The highest BCUT2D eigenvalue weighted by Gasteiger charge is 2.51. The van der Waals surface area contributed by atoms with Crippen LogP contribution >= 0.6 is 0 Å². The van der Waals surface area contributed by atoms with E-state index in [0.29, 0.717) is 6.42 Å². The summed E-state index contributed by atoms with van der Waals surface area (Å²) in [6, 6.07) is -0.913. The van der Waals surface area contributed by atoms with Gasteiger partial charge in [0.25, 0.3) is 0 Å². The summed E-state index contributed by atoms with van der Waals surface area (Å²) in [4.78, 5) is 13.3. The molecule has 2 saturated heterocycles. The molecule has 0 aliphatic carbocycles. The minimum absolute atomic E-state index is 0.234. The zero-order chi connectivity index (χ0) is 59.5. The van der Waals surface area contributed by atoms with Crippen molar-refractivity contribution in [3.05, 3.63) is 24.3 Å². The van der Waals surface area contributed by atoms with Gasteiger partial charge < -0.3 is 65.1 Å². The summed E-state index contributed by atoms with van der Waals surface area (Å²) < 4.78 is 22.9. The van der Waals surface area contributed by atoms with Crippen LogP contribution in [0.5, 0.6) is 0 Å². The third kappa shape index (κ3) is 37.9. The molecule has 14 heteroatoms. The Hall–Kier alpha value is -1.53. The van der Waals surface area contributed by atoms with Gasteiger partial charge in [-0.25, -0.2) is 0 Å². The van der Waals surface area contributed by atoms with E-state index < -0.39 is 86.8 Å². The monoisotopic (exact) mass is 1170 g/mol. The fraction of sp³-hybridized carbons (Fsp3) is 0.926. The molecule has 2 heterocycles. The van der Waals surface area contributed by atoms with Gasteiger partial charge in [-0.1, -0.05) is 282 Å². The largest absolute Gasteiger partial charge is 0.394 e. The average Bonchev–Trinajstić information content (AvgIpc) is 3.56. The summed E-state index contributed by atoms with van der Waals surface area (Å²) in [5.41, 5.74) is 0. The number of unbranched alkanes of at least 4 members (excludes halogenated alkanes) is 42. The Morgan fingerprint density at radius 3 is 1.16 bits per heavy atom. The lowest BCUT2D eigenvalue weighted by Gasteiger charge is -2.46. The lowest BCUT2D eigenvalue weighted by atomic mass is 9.97. The molecule has 484 valence electrons. The molecule has 0 aromatic carbocycles. The van der Waals surface area contributed by atoms with Gasteiger partial charge in [-0.3, -0.25) is 4.79 Å². The third-order valence-electron chi connectivity index (χ3n) is 17.1. The Balaban J connectivity index is 1.70. The minimum atomic E-state index is -1.79. The van der Waals surface area contributed by atoms with E-state index in [4.69, 9.17) is 18.9 Å². The van der Waals surface area contributed by atoms with E-state index in [1.807, 2.05) is 6.08 Å². The molecule has 82 heavy (non-hydrogen) atoms. The molecule has 0 radical (unpaired) electrons. The number of hydrogen-bond acceptors (Lipinski definition) is 13. The Morgan fingerprint density at radius 1 is 0.427 bits per heavy atom. The average molecular weight is 1170 g/mol. The second kappa shape index (κ2) is 53.7. The number of carbonyl (C=O) groups excluding carboxylic acids is 1. The molecule has 2 aliphatic rings. The van der Waals surface area contributed by atoms with Gasteiger partial charge >= 0.3 is 0 Å². The second-order valence-electron chi connectivity index (χ2n) is 24.7. The van der Waals surface area contributed by atoms with Crippen molar-refractivity contribution in [3.8, 4) is 0 Å². The standard InChI is InChI=1S/C68H129NO13/c1-3-5-7-9-11-13-15-17-19-21-23-25-27-28-30-32-34-36-38-40-42-44-46-48-50-52-60(73)69-56(55-79-67-65(78)63(76)66(59(54-71)81-67)82-68-64(77)62(75)61(74)58(53-70)80-68)57(72)51-49-47-45-43-41-39-37-35-33-31-29-26-24-22-20-18-16-14-12-10-8-6-4-2/h21,23,49,51,56-59,61-68,70-72,74-78H,3-20,22,24-48,50,52-55H2,1-2H3,(H,69,73)/b23-21-,51-49+. The van der Waals surface area contributed by atoms with Gasteiger partial charge in [0.1, 0.15) is 48.8 Å². The van der Waals surface area contributed by atoms with Crippen LogP contribution in [-0.4, -0.2) is 140 Å². The maximum absolute atomic E-state index is 13.3. The maximum Gasteiger partial charge on any atom is 0.220 e. The van der Waals surface area contributed by atoms with E-state index >= 15 is 0 Å². The molecule has 0 saturated carbocycles. The van der Waals surface area contributed by atoms with Gasteiger partial charge in [-0.05, 0) is 44.9 Å². The van der Waals surface area contributed by atoms with E-state index in [1.165, 1.54) is 244 Å². The normalized spacial score (nSPS) is 24.0. The highest BCUT2D eigenvalue weighted by molar-refractivity contribution is 5.76. The fourth-order valence-electron chi connectivity index (χ4n) is 11.6. The molecule has 9 N–H and O–H groups in total. The van der Waals surface area contributed by atoms with Crippen molar-refractivity contribution in [2.75, 3.05) is 19.8 Å². The first-order valence-corrected chi connectivity index (χ1v) is 34.6. The van der Waals surface area contributed by atoms with Crippen LogP contribution in [0.3, 0.4) is 0 Å². The number of aliphatic hydroxyl groups excluding tert-OH is 8. The molecule has 0 bridgehead atoms. The number of ether oxygens (including phenoxy) is 4. The Labute approximate surface area is 500 Å². The van der Waals surface area contributed by atoms with Crippen LogP contribution in [0.25, 0.3) is 0 Å². The highest BCUT2D eigenvalue weighted by Crippen LogP contribution is 2.30. The minimum Gasteiger partial charge on any atom is -0.394 e. The van der Waals surface area contributed by atoms with E-state index in [1.54, 1.807) is 6.08 Å². The SMILES string of the molecule is CCCCCCCCCC/C=C\CCCCCCCCCCCCCCCC(=O)NC(COC1OC(CO)C(OC2OC(CO)C(O)C(O)C2O)C(O)C1O)C(O)/C=C/CCCCCCCCCCCCCCCCCCCCCCC. The first-order chi connectivity index (χ1) is 40.1. The Morgan fingerprint density at radius 2 is 0.768 bits per heavy atom. The summed E-state index contributed by atoms with van der Waals surface area (Å²) in [5, 5.41) is 87.4. The smallest absolute Gasteiger partial charge is 0.220 e. The Kier molecular flexibility index (Phi) is 50.1. The van der Waals surface area contributed by atoms with Crippen molar-refractivity contribution < 1.29 is 64.6 Å². The summed E-state index contributed by atoms with van der Waals surface area (Å²) in [6.45, 7) is 2.85. The maximum atomic E-state index is 13.3. The molecule has 12 unspecified atom stereocenters. The van der Waals surface area contributed by atoms with E-state index in [-0.39, 0.29) is 18.9 Å². The van der Waals surface area contributed by atoms with Crippen LogP contribution < -0.4 is 5.32 Å². The number of allylic oxidation sites excluding steroid dienone is 3. The van der Waals surface area contributed by atoms with Gasteiger partial charge in [0.15, 0.2) is 12.6 Å². The Bertz CT molecular complexity index is 1470. The lowest BCUT2D eigenvalue weighted by molar-refractivity contribution is -0.359. The molecular formula is C68H129NO13. The van der Waals surface area contributed by atoms with Crippen molar-refractivity contribution >= 4 is 5.91 Å². The van der Waals surface area contributed by atoms with Crippen molar-refractivity contribution in [3.63, 3.8) is 0 Å². The second-order valence-corrected chi connectivity index (χ2v) is 24.7. The summed E-state index contributed by atoms with van der Waals surface area (Å²) in [6.07, 6.45) is 49.4. The first kappa shape index (κ1) is 76.6. The van der Waals surface area contributed by atoms with Gasteiger partial charge in [0.05, 0.1) is 32.0 Å². The van der Waals surface area contributed by atoms with Crippen LogP contribution in [0.2, 0.25) is 0 Å². The molecule has 2 aliphatic heterocycles. The quantitative estimate of drug-likeness (QED) is 0.0204. The molecule has 2 fully saturated rings. The van der Waals surface area contributed by atoms with Gasteiger partial charge in [-0.2, -0.15) is 0 Å². The van der Waals surface area contributed by atoms with Crippen molar-refractivity contribution in [1.29, 1.82) is 0 Å². The molecule has 2 rings (SSSR count). The molecule has 0 aromatic heterocycles. The zero-order valence-corrected chi connectivity index (χ0v) is 52.5. The van der Waals surface area contributed by atoms with Crippen molar-refractivity contribution in [1.82, 2.24) is 5.32 Å². The molecule has 14 nitrogen and oxygen atoms in total. The predicted octanol–water partition coefficient (Wildman–Crippen LogP) is 13.6. The predicted molar refractivity (Wildman–Crippen MR) is 332 cm³/mol. The van der Waals surface area contributed by atoms with Crippen LogP contribution in [0.4, 0.5) is 0 Å². The van der Waals surface area contributed by atoms with Crippen molar-refractivity contribution in [2.24, 2.45) is 0 Å². The van der Waals surface area contributed by atoms with E-state index in [9.17, 15) is 45.6 Å². The number of nitrogens with one attached hydrogen (secondary N) is 1. The summed E-state index contributed by atoms with van der Waals surface area (Å²) in [7, 11) is 0. The number of carbonyl (C=O) groups is 1. The fourth-order valence-corrected chi connectivity index (χ4v) is 11.6. The number of aliphatic hydroxyl groups is 8. The number of rotatable bonds is 57. The van der Waals surface area contributed by atoms with Gasteiger partial charge in [0.2, 0.25) is 5.91 Å². The van der Waals surface area contributed by atoms with E-state index in [2.05, 4.69) is 31.3 Å². The first-order valence-electron chi connectivity index (χ1n) is 34.6. The summed E-state index contributed by atoms with van der Waals surface area (Å²) >= 11 is 0. The highest BCUT2D eigenvalue weighted by atomic mass is 16.7. The molecule has 12 atom stereocenters. The van der Waals surface area contributed by atoms with Crippen LogP contribution in [-0.2, 0) is 23.7 Å². The van der Waals surface area contributed by atoms with Gasteiger partial charge in [-0.15, -0.1) is 0 Å². The van der Waals surface area contributed by atoms with Crippen LogP contribution in [0.15, 0.2) is 24.3 Å². The topological polar surface area (TPSA) is 228 Å².